The minimum atomic E-state index is -0.843. The Hall–Kier alpha value is -3.61. The molecule has 4 aromatic rings. The van der Waals surface area contributed by atoms with Crippen LogP contribution in [0.4, 0.5) is 0 Å². The summed E-state index contributed by atoms with van der Waals surface area (Å²) < 4.78 is 21.0. The van der Waals surface area contributed by atoms with Gasteiger partial charge in [0.05, 0.1) is 0 Å². The van der Waals surface area contributed by atoms with E-state index in [4.69, 9.17) is 18.1 Å². The first-order valence-electron chi connectivity index (χ1n) is 7.81. The summed E-state index contributed by atoms with van der Waals surface area (Å²) in [4.78, 5) is 24.5. The molecule has 0 atom stereocenters. The number of carbonyl (C=O) groups is 1. The molecule has 0 saturated carbocycles. The Balaban J connectivity index is 1.65. The van der Waals surface area contributed by atoms with E-state index in [1.165, 1.54) is 12.1 Å². The van der Waals surface area contributed by atoms with E-state index in [0.717, 1.165) is 5.39 Å². The lowest BCUT2D eigenvalue weighted by atomic mass is 10.2. The van der Waals surface area contributed by atoms with E-state index in [-0.39, 0.29) is 17.1 Å². The second kappa shape index (κ2) is 6.03. The first-order valence-corrected chi connectivity index (χ1v) is 7.81. The van der Waals surface area contributed by atoms with E-state index in [0.29, 0.717) is 22.8 Å². The molecule has 0 aliphatic heterocycles. The van der Waals surface area contributed by atoms with Crippen molar-refractivity contribution in [2.24, 2.45) is 0 Å². The number of furan rings is 1. The summed E-state index contributed by atoms with van der Waals surface area (Å²) in [5.74, 6) is 0.313. The molecule has 0 aliphatic carbocycles. The van der Waals surface area contributed by atoms with Crippen LogP contribution in [-0.4, -0.2) is 11.1 Å². The maximum atomic E-state index is 12.3. The molecule has 130 valence electrons. The molecule has 0 bridgehead atoms. The minimum absolute atomic E-state index is 0.191. The molecule has 3 heterocycles. The monoisotopic (exact) mass is 351 g/mol. The molecule has 7 heteroatoms. The number of esters is 1. The number of aromatic nitrogens is 1. The number of hydrogen-bond donors (Lipinski definition) is 0. The van der Waals surface area contributed by atoms with Crippen molar-refractivity contribution in [1.82, 2.24) is 5.16 Å². The molecule has 0 amide bonds. The third-order valence-corrected chi connectivity index (χ3v) is 3.87. The summed E-state index contributed by atoms with van der Waals surface area (Å²) in [6.07, 6.45) is 0. The maximum Gasteiger partial charge on any atom is 0.351 e. The van der Waals surface area contributed by atoms with Crippen molar-refractivity contribution in [3.63, 3.8) is 0 Å². The van der Waals surface area contributed by atoms with Crippen LogP contribution in [-0.2, 0) is 0 Å². The highest BCUT2D eigenvalue weighted by Gasteiger charge is 2.20. The van der Waals surface area contributed by atoms with Gasteiger partial charge in [0.15, 0.2) is 23.0 Å². The summed E-state index contributed by atoms with van der Waals surface area (Å²) in [6.45, 7) is 3.24. The molecule has 0 spiro atoms. The van der Waals surface area contributed by atoms with Gasteiger partial charge in [0.25, 0.3) is 0 Å². The Labute approximate surface area is 146 Å². The predicted molar refractivity (Wildman–Crippen MR) is 91.1 cm³/mol. The summed E-state index contributed by atoms with van der Waals surface area (Å²) in [6, 6.07) is 12.0. The molecule has 7 nitrogen and oxygen atoms in total. The highest BCUT2D eigenvalue weighted by molar-refractivity contribution is 5.91. The van der Waals surface area contributed by atoms with E-state index >= 15 is 0 Å². The Bertz CT molecular complexity index is 1130. The summed E-state index contributed by atoms with van der Waals surface area (Å²) >= 11 is 0. The second-order valence-electron chi connectivity index (χ2n) is 5.69. The third-order valence-electron chi connectivity index (χ3n) is 3.87. The number of ether oxygens (including phenoxy) is 1. The fraction of sp³-hybridized carbons (Fsp3) is 0.105. The number of hydrogen-bond acceptors (Lipinski definition) is 7. The fourth-order valence-electron chi connectivity index (χ4n) is 2.57. The largest absolute Gasteiger partial charge is 0.453 e. The molecule has 3 aromatic heterocycles. The van der Waals surface area contributed by atoms with Crippen LogP contribution in [0.2, 0.25) is 0 Å². The molecule has 0 radical (unpaired) electrons. The zero-order valence-corrected chi connectivity index (χ0v) is 13.9. The molecule has 0 saturated heterocycles. The van der Waals surface area contributed by atoms with Gasteiger partial charge in [0.1, 0.15) is 16.8 Å². The summed E-state index contributed by atoms with van der Waals surface area (Å²) in [5, 5.41) is 4.58. The standard InChI is InChI=1S/C19H13NO6/c1-10-17(11(2)26-20-10)25-19(22)13-7-8-15(24-18(13)21)16-9-12-5-3-4-6-14(12)23-16/h3-9H,1-2H3. The summed E-state index contributed by atoms with van der Waals surface area (Å²) in [5.41, 5.74) is 0.0377. The fourth-order valence-corrected chi connectivity index (χ4v) is 2.57. The van der Waals surface area contributed by atoms with E-state index < -0.39 is 11.6 Å². The van der Waals surface area contributed by atoms with Crippen molar-refractivity contribution in [1.29, 1.82) is 0 Å². The third kappa shape index (κ3) is 2.69. The van der Waals surface area contributed by atoms with Gasteiger partial charge in [-0.2, -0.15) is 0 Å². The van der Waals surface area contributed by atoms with Crippen molar-refractivity contribution in [2.75, 3.05) is 0 Å². The number of para-hydroxylation sites is 1. The van der Waals surface area contributed by atoms with Gasteiger partial charge in [-0.1, -0.05) is 23.4 Å². The van der Waals surface area contributed by atoms with E-state index in [9.17, 15) is 9.59 Å². The summed E-state index contributed by atoms with van der Waals surface area (Å²) in [7, 11) is 0. The Morgan fingerprint density at radius 2 is 1.85 bits per heavy atom. The van der Waals surface area contributed by atoms with Crippen LogP contribution < -0.4 is 10.4 Å². The first-order chi connectivity index (χ1) is 12.5. The van der Waals surface area contributed by atoms with Gasteiger partial charge in [-0.05, 0) is 31.2 Å². The average molecular weight is 351 g/mol. The van der Waals surface area contributed by atoms with Gasteiger partial charge in [-0.3, -0.25) is 0 Å². The second-order valence-corrected chi connectivity index (χ2v) is 5.69. The topological polar surface area (TPSA) is 95.7 Å². The first kappa shape index (κ1) is 15.9. The maximum absolute atomic E-state index is 12.3. The van der Waals surface area contributed by atoms with Crippen molar-refractivity contribution >= 4 is 16.9 Å². The zero-order valence-electron chi connectivity index (χ0n) is 13.9. The van der Waals surface area contributed by atoms with Crippen molar-refractivity contribution < 1.29 is 22.9 Å². The van der Waals surface area contributed by atoms with Crippen LogP contribution in [0.5, 0.6) is 5.75 Å². The number of aryl methyl sites for hydroxylation is 2. The zero-order chi connectivity index (χ0) is 18.3. The number of nitrogens with zero attached hydrogens (tertiary/aromatic N) is 1. The van der Waals surface area contributed by atoms with E-state index in [1.807, 2.05) is 24.3 Å². The molecular formula is C19H13NO6. The van der Waals surface area contributed by atoms with Crippen LogP contribution in [0.3, 0.4) is 0 Å². The van der Waals surface area contributed by atoms with Crippen molar-refractivity contribution in [3.05, 3.63) is 69.9 Å². The number of benzene rings is 1. The Kier molecular flexibility index (Phi) is 3.69. The highest BCUT2D eigenvalue weighted by atomic mass is 16.6. The SMILES string of the molecule is Cc1noc(C)c1OC(=O)c1ccc(-c2cc3ccccc3o2)oc1=O. The van der Waals surface area contributed by atoms with E-state index in [2.05, 4.69) is 5.16 Å². The average Bonchev–Trinajstić information content (AvgIpc) is 3.20. The van der Waals surface area contributed by atoms with Gasteiger partial charge >= 0.3 is 11.6 Å². The van der Waals surface area contributed by atoms with Crippen LogP contribution in [0.25, 0.3) is 22.5 Å². The van der Waals surface area contributed by atoms with Crippen LogP contribution in [0.1, 0.15) is 21.8 Å². The Morgan fingerprint density at radius 1 is 1.04 bits per heavy atom. The number of rotatable bonds is 3. The molecule has 0 aliphatic rings. The lowest BCUT2D eigenvalue weighted by Gasteiger charge is -2.03. The minimum Gasteiger partial charge on any atom is -0.453 e. The van der Waals surface area contributed by atoms with Crippen molar-refractivity contribution in [3.8, 4) is 17.3 Å². The molecule has 0 fully saturated rings. The molecule has 26 heavy (non-hydrogen) atoms. The number of fused-ring (bicyclic) bond motifs is 1. The van der Waals surface area contributed by atoms with Gasteiger partial charge in [-0.25, -0.2) is 9.59 Å². The lowest BCUT2D eigenvalue weighted by Crippen LogP contribution is -2.19. The molecule has 1 aromatic carbocycles. The highest BCUT2D eigenvalue weighted by Crippen LogP contribution is 2.27. The quantitative estimate of drug-likeness (QED) is 0.517. The molecule has 0 N–H and O–H groups in total. The van der Waals surface area contributed by atoms with Crippen LogP contribution in [0.15, 0.2) is 60.6 Å². The van der Waals surface area contributed by atoms with Gasteiger partial charge < -0.3 is 18.1 Å². The van der Waals surface area contributed by atoms with Crippen LogP contribution >= 0.6 is 0 Å². The molecule has 0 unspecified atom stereocenters. The van der Waals surface area contributed by atoms with Crippen molar-refractivity contribution in [2.45, 2.75) is 13.8 Å². The lowest BCUT2D eigenvalue weighted by molar-refractivity contribution is 0.0726. The van der Waals surface area contributed by atoms with Gasteiger partial charge in [0, 0.05) is 12.3 Å². The molecular weight excluding hydrogens is 338 g/mol. The number of carbonyl (C=O) groups excluding carboxylic acids is 1. The molecule has 4 rings (SSSR count). The predicted octanol–water partition coefficient (Wildman–Crippen LogP) is 3.88. The Morgan fingerprint density at radius 3 is 2.54 bits per heavy atom. The smallest absolute Gasteiger partial charge is 0.351 e. The van der Waals surface area contributed by atoms with Gasteiger partial charge in [-0.15, -0.1) is 0 Å². The van der Waals surface area contributed by atoms with E-state index in [1.54, 1.807) is 19.9 Å². The normalized spacial score (nSPS) is 11.0. The van der Waals surface area contributed by atoms with Gasteiger partial charge in [0.2, 0.25) is 0 Å². The van der Waals surface area contributed by atoms with Crippen LogP contribution in [0, 0.1) is 13.8 Å².